The molecule has 1 aliphatic rings. The summed E-state index contributed by atoms with van der Waals surface area (Å²) in [6, 6.07) is 3.20. The van der Waals surface area contributed by atoms with Crippen LogP contribution in [0.5, 0.6) is 5.88 Å². The normalized spacial score (nSPS) is 14.6. The van der Waals surface area contributed by atoms with Crippen LogP contribution in [0, 0.1) is 0 Å². The molecule has 1 aromatic heterocycles. The van der Waals surface area contributed by atoms with Crippen molar-refractivity contribution in [1.29, 1.82) is 0 Å². The van der Waals surface area contributed by atoms with E-state index in [-0.39, 0.29) is 18.4 Å². The standard InChI is InChI=1S/C14H19N3O4/c1-2-15-14(19)11-3-4-12(16-9-11)21-10-13(18)17-5-7-20-8-6-17/h3-4,9H,2,5-8,10H2,1H3,(H,15,19). The molecule has 0 aliphatic carbocycles. The maximum absolute atomic E-state index is 11.9. The van der Waals surface area contributed by atoms with Gasteiger partial charge < -0.3 is 19.7 Å². The second kappa shape index (κ2) is 7.58. The SMILES string of the molecule is CCNC(=O)c1ccc(OCC(=O)N2CCOCC2)nc1. The smallest absolute Gasteiger partial charge is 0.260 e. The number of carbonyl (C=O) groups excluding carboxylic acids is 2. The molecule has 21 heavy (non-hydrogen) atoms. The van der Waals surface area contributed by atoms with Crippen molar-refractivity contribution in [1.82, 2.24) is 15.2 Å². The number of hydrogen-bond donors (Lipinski definition) is 1. The van der Waals surface area contributed by atoms with Gasteiger partial charge in [0.25, 0.3) is 11.8 Å². The third kappa shape index (κ3) is 4.42. The second-order valence-electron chi connectivity index (χ2n) is 4.53. The van der Waals surface area contributed by atoms with Crippen LogP contribution in [0.1, 0.15) is 17.3 Å². The second-order valence-corrected chi connectivity index (χ2v) is 4.53. The first-order chi connectivity index (χ1) is 10.2. The number of pyridine rings is 1. The van der Waals surface area contributed by atoms with Crippen LogP contribution in [-0.4, -0.2) is 61.2 Å². The van der Waals surface area contributed by atoms with Crippen LogP contribution in [0.3, 0.4) is 0 Å². The lowest BCUT2D eigenvalue weighted by molar-refractivity contribution is -0.137. The number of nitrogens with zero attached hydrogens (tertiary/aromatic N) is 2. The van der Waals surface area contributed by atoms with Gasteiger partial charge in [-0.15, -0.1) is 0 Å². The number of amides is 2. The molecular weight excluding hydrogens is 274 g/mol. The van der Waals surface area contributed by atoms with Crippen LogP contribution >= 0.6 is 0 Å². The summed E-state index contributed by atoms with van der Waals surface area (Å²) >= 11 is 0. The molecule has 0 saturated carbocycles. The highest BCUT2D eigenvalue weighted by molar-refractivity contribution is 5.93. The van der Waals surface area contributed by atoms with Gasteiger partial charge in [-0.25, -0.2) is 4.98 Å². The van der Waals surface area contributed by atoms with Gasteiger partial charge in [0.15, 0.2) is 6.61 Å². The summed E-state index contributed by atoms with van der Waals surface area (Å²) in [6.45, 7) is 4.65. The molecular formula is C14H19N3O4. The van der Waals surface area contributed by atoms with E-state index < -0.39 is 0 Å². The fraction of sp³-hybridized carbons (Fsp3) is 0.500. The van der Waals surface area contributed by atoms with Crippen molar-refractivity contribution in [3.8, 4) is 5.88 Å². The van der Waals surface area contributed by atoms with E-state index in [1.165, 1.54) is 6.20 Å². The molecule has 1 saturated heterocycles. The fourth-order valence-corrected chi connectivity index (χ4v) is 1.90. The fourth-order valence-electron chi connectivity index (χ4n) is 1.90. The average molecular weight is 293 g/mol. The zero-order valence-electron chi connectivity index (χ0n) is 12.0. The Labute approximate surface area is 123 Å². The van der Waals surface area contributed by atoms with Gasteiger partial charge in [0.2, 0.25) is 5.88 Å². The summed E-state index contributed by atoms with van der Waals surface area (Å²) in [4.78, 5) is 29.2. The van der Waals surface area contributed by atoms with Crippen LogP contribution in [0.4, 0.5) is 0 Å². The number of rotatable bonds is 5. The Balaban J connectivity index is 1.83. The lowest BCUT2D eigenvalue weighted by atomic mass is 10.2. The third-order valence-electron chi connectivity index (χ3n) is 3.04. The minimum atomic E-state index is -0.180. The summed E-state index contributed by atoms with van der Waals surface area (Å²) in [5, 5.41) is 2.68. The van der Waals surface area contributed by atoms with Crippen molar-refractivity contribution < 1.29 is 19.1 Å². The molecule has 1 N–H and O–H groups in total. The largest absolute Gasteiger partial charge is 0.468 e. The first-order valence-corrected chi connectivity index (χ1v) is 6.93. The first kappa shape index (κ1) is 15.2. The molecule has 1 fully saturated rings. The highest BCUT2D eigenvalue weighted by atomic mass is 16.5. The zero-order valence-corrected chi connectivity index (χ0v) is 12.0. The summed E-state index contributed by atoms with van der Waals surface area (Å²) in [7, 11) is 0. The van der Waals surface area contributed by atoms with Gasteiger partial charge >= 0.3 is 0 Å². The molecule has 2 rings (SSSR count). The van der Waals surface area contributed by atoms with E-state index in [2.05, 4.69) is 10.3 Å². The lowest BCUT2D eigenvalue weighted by Gasteiger charge is -2.26. The van der Waals surface area contributed by atoms with Crippen molar-refractivity contribution >= 4 is 11.8 Å². The molecule has 0 aromatic carbocycles. The molecule has 114 valence electrons. The van der Waals surface area contributed by atoms with Gasteiger partial charge in [-0.3, -0.25) is 9.59 Å². The van der Waals surface area contributed by atoms with E-state index in [4.69, 9.17) is 9.47 Å². The Bertz CT molecular complexity index is 483. The van der Waals surface area contributed by atoms with Gasteiger partial charge in [0.05, 0.1) is 18.8 Å². The van der Waals surface area contributed by atoms with E-state index in [9.17, 15) is 9.59 Å². The molecule has 1 aromatic rings. The van der Waals surface area contributed by atoms with E-state index in [0.29, 0.717) is 44.3 Å². The number of morpholine rings is 1. The van der Waals surface area contributed by atoms with Crippen LogP contribution < -0.4 is 10.1 Å². The molecule has 1 aliphatic heterocycles. The molecule has 7 heteroatoms. The van der Waals surface area contributed by atoms with E-state index in [1.54, 1.807) is 17.0 Å². The number of carbonyl (C=O) groups is 2. The Morgan fingerprint density at radius 2 is 2.14 bits per heavy atom. The summed E-state index contributed by atoms with van der Waals surface area (Å²) in [5.74, 6) is 0.0542. The van der Waals surface area contributed by atoms with Crippen molar-refractivity contribution in [2.24, 2.45) is 0 Å². The topological polar surface area (TPSA) is 80.8 Å². The third-order valence-corrected chi connectivity index (χ3v) is 3.04. The quantitative estimate of drug-likeness (QED) is 0.831. The Morgan fingerprint density at radius 1 is 1.38 bits per heavy atom. The molecule has 0 unspecified atom stereocenters. The molecule has 2 amide bonds. The molecule has 0 spiro atoms. The van der Waals surface area contributed by atoms with E-state index >= 15 is 0 Å². The molecule has 0 atom stereocenters. The summed E-state index contributed by atoms with van der Waals surface area (Å²) in [5.41, 5.74) is 0.462. The predicted octanol–water partition coefficient (Wildman–Crippen LogP) is 0.0689. The molecule has 0 radical (unpaired) electrons. The summed E-state index contributed by atoms with van der Waals surface area (Å²) < 4.78 is 10.5. The number of hydrogen-bond acceptors (Lipinski definition) is 5. The van der Waals surface area contributed by atoms with Gasteiger partial charge in [-0.2, -0.15) is 0 Å². The maximum Gasteiger partial charge on any atom is 0.260 e. The summed E-state index contributed by atoms with van der Waals surface area (Å²) in [6.07, 6.45) is 1.43. The minimum Gasteiger partial charge on any atom is -0.468 e. The molecule has 2 heterocycles. The Morgan fingerprint density at radius 3 is 2.76 bits per heavy atom. The lowest BCUT2D eigenvalue weighted by Crippen LogP contribution is -2.43. The van der Waals surface area contributed by atoms with Gasteiger partial charge in [0, 0.05) is 31.9 Å². The molecule has 0 bridgehead atoms. The van der Waals surface area contributed by atoms with Crippen molar-refractivity contribution in [2.45, 2.75) is 6.92 Å². The van der Waals surface area contributed by atoms with Crippen molar-refractivity contribution in [3.05, 3.63) is 23.9 Å². The number of ether oxygens (including phenoxy) is 2. The van der Waals surface area contributed by atoms with Crippen molar-refractivity contribution in [3.63, 3.8) is 0 Å². The highest BCUT2D eigenvalue weighted by Gasteiger charge is 2.17. The zero-order chi connectivity index (χ0) is 15.1. The van der Waals surface area contributed by atoms with Crippen LogP contribution in [-0.2, 0) is 9.53 Å². The Kier molecular flexibility index (Phi) is 5.51. The number of nitrogens with one attached hydrogen (secondary N) is 1. The van der Waals surface area contributed by atoms with Crippen LogP contribution in [0.2, 0.25) is 0 Å². The predicted molar refractivity (Wildman–Crippen MR) is 75.1 cm³/mol. The minimum absolute atomic E-state index is 0.0620. The van der Waals surface area contributed by atoms with Gasteiger partial charge in [0.1, 0.15) is 0 Å². The van der Waals surface area contributed by atoms with Crippen LogP contribution in [0.15, 0.2) is 18.3 Å². The highest BCUT2D eigenvalue weighted by Crippen LogP contribution is 2.08. The van der Waals surface area contributed by atoms with Gasteiger partial charge in [-0.05, 0) is 13.0 Å². The maximum atomic E-state index is 11.9. The number of aromatic nitrogens is 1. The van der Waals surface area contributed by atoms with Crippen LogP contribution in [0.25, 0.3) is 0 Å². The molecule has 7 nitrogen and oxygen atoms in total. The first-order valence-electron chi connectivity index (χ1n) is 6.93. The van der Waals surface area contributed by atoms with Crippen molar-refractivity contribution in [2.75, 3.05) is 39.5 Å². The monoisotopic (exact) mass is 293 g/mol. The Hall–Kier alpha value is -2.15. The average Bonchev–Trinajstić information content (AvgIpc) is 2.54. The van der Waals surface area contributed by atoms with E-state index in [1.807, 2.05) is 6.92 Å². The van der Waals surface area contributed by atoms with Gasteiger partial charge in [-0.1, -0.05) is 0 Å². The van der Waals surface area contributed by atoms with E-state index in [0.717, 1.165) is 0 Å².